The van der Waals surface area contributed by atoms with Crippen LogP contribution in [0.4, 0.5) is 5.69 Å². The minimum absolute atomic E-state index is 0.00878. The number of carbonyl (C=O) groups excluding carboxylic acids is 2. The molecular formula is C29H23Cl2N3O4. The van der Waals surface area contributed by atoms with Crippen LogP contribution < -0.4 is 14.8 Å². The number of halogens is 2. The lowest BCUT2D eigenvalue weighted by atomic mass is 10.1. The van der Waals surface area contributed by atoms with E-state index < -0.39 is 5.97 Å². The van der Waals surface area contributed by atoms with Gasteiger partial charge < -0.3 is 14.8 Å². The predicted octanol–water partition coefficient (Wildman–Crippen LogP) is 7.56. The molecule has 0 unspecified atom stereocenters. The van der Waals surface area contributed by atoms with Crippen LogP contribution in [-0.2, 0) is 0 Å². The van der Waals surface area contributed by atoms with Gasteiger partial charge >= 0.3 is 5.97 Å². The highest BCUT2D eigenvalue weighted by Crippen LogP contribution is 2.32. The van der Waals surface area contributed by atoms with Crippen molar-refractivity contribution >= 4 is 62.4 Å². The van der Waals surface area contributed by atoms with Crippen LogP contribution in [0, 0.1) is 0 Å². The van der Waals surface area contributed by atoms with Crippen LogP contribution in [0.25, 0.3) is 21.7 Å². The van der Waals surface area contributed by atoms with Crippen molar-refractivity contribution in [2.45, 2.75) is 19.9 Å². The maximum Gasteiger partial charge on any atom is 0.347 e. The van der Waals surface area contributed by atoms with E-state index in [1.54, 1.807) is 48.2 Å². The molecule has 38 heavy (non-hydrogen) atoms. The lowest BCUT2D eigenvalue weighted by Crippen LogP contribution is -2.12. The van der Waals surface area contributed by atoms with Gasteiger partial charge in [-0.1, -0.05) is 41.4 Å². The van der Waals surface area contributed by atoms with E-state index in [1.165, 1.54) is 0 Å². The van der Waals surface area contributed by atoms with Crippen molar-refractivity contribution in [3.63, 3.8) is 0 Å². The Bertz CT molecular complexity index is 1690. The summed E-state index contributed by atoms with van der Waals surface area (Å²) >= 11 is 12.4. The highest BCUT2D eigenvalue weighted by Gasteiger charge is 2.22. The Morgan fingerprint density at radius 2 is 1.63 bits per heavy atom. The maximum atomic E-state index is 13.1. The number of fused-ring (bicyclic) bond motifs is 2. The Labute approximate surface area is 228 Å². The number of ether oxygens (including phenoxy) is 2. The second kappa shape index (κ2) is 10.4. The Hall–Kier alpha value is -4.07. The number of benzene rings is 4. The van der Waals surface area contributed by atoms with Crippen LogP contribution in [0.2, 0.25) is 10.0 Å². The summed E-state index contributed by atoms with van der Waals surface area (Å²) in [4.78, 5) is 26.0. The molecule has 0 aliphatic rings. The van der Waals surface area contributed by atoms with Crippen molar-refractivity contribution < 1.29 is 19.1 Å². The first-order valence-corrected chi connectivity index (χ1v) is 12.6. The molecule has 0 aliphatic heterocycles. The number of hydrogen-bond donors (Lipinski definition) is 1. The highest BCUT2D eigenvalue weighted by molar-refractivity contribution is 6.39. The fraction of sp³-hybridized carbons (Fsp3) is 0.138. The molecule has 0 fully saturated rings. The molecule has 4 aromatic carbocycles. The summed E-state index contributed by atoms with van der Waals surface area (Å²) in [6.45, 7) is 3.93. The maximum absolute atomic E-state index is 13.1. The number of rotatable bonds is 6. The summed E-state index contributed by atoms with van der Waals surface area (Å²) in [7, 11) is 1.61. The lowest BCUT2D eigenvalue weighted by molar-refractivity contribution is 0.0728. The second-order valence-corrected chi connectivity index (χ2v) is 9.76. The molecule has 9 heteroatoms. The molecule has 1 N–H and O–H groups in total. The molecule has 0 spiro atoms. The number of nitrogens with zero attached hydrogens (tertiary/aromatic N) is 2. The average molecular weight is 548 g/mol. The predicted molar refractivity (Wildman–Crippen MR) is 150 cm³/mol. The number of hydrogen-bond acceptors (Lipinski definition) is 5. The van der Waals surface area contributed by atoms with E-state index >= 15 is 0 Å². The summed E-state index contributed by atoms with van der Waals surface area (Å²) in [6, 6.07) is 21.2. The van der Waals surface area contributed by atoms with Gasteiger partial charge in [-0.15, -0.1) is 5.10 Å². The highest BCUT2D eigenvalue weighted by atomic mass is 35.5. The summed E-state index contributed by atoms with van der Waals surface area (Å²) in [6.07, 6.45) is 0. The van der Waals surface area contributed by atoms with Crippen molar-refractivity contribution in [2.24, 2.45) is 0 Å². The van der Waals surface area contributed by atoms with Crippen LogP contribution in [0.5, 0.6) is 11.6 Å². The summed E-state index contributed by atoms with van der Waals surface area (Å²) in [5.41, 5.74) is 1.82. The molecule has 1 amide bonds. The first-order valence-electron chi connectivity index (χ1n) is 11.8. The molecule has 0 bridgehead atoms. The van der Waals surface area contributed by atoms with Crippen molar-refractivity contribution in [2.75, 3.05) is 12.4 Å². The summed E-state index contributed by atoms with van der Waals surface area (Å²) in [5.74, 6) is -0.165. The van der Waals surface area contributed by atoms with E-state index in [-0.39, 0.29) is 33.4 Å². The molecule has 0 atom stereocenters. The zero-order chi connectivity index (χ0) is 27.0. The summed E-state index contributed by atoms with van der Waals surface area (Å²) < 4.78 is 12.7. The Morgan fingerprint density at radius 3 is 2.34 bits per heavy atom. The molecule has 0 aliphatic carbocycles. The number of nitrogens with one attached hydrogen (secondary N) is 1. The van der Waals surface area contributed by atoms with Crippen LogP contribution in [-0.4, -0.2) is 28.8 Å². The third kappa shape index (κ3) is 4.90. The Balaban J connectivity index is 1.46. The van der Waals surface area contributed by atoms with Gasteiger partial charge in [-0.3, -0.25) is 9.48 Å². The lowest BCUT2D eigenvalue weighted by Gasteiger charge is -2.09. The number of esters is 1. The molecule has 0 saturated carbocycles. The van der Waals surface area contributed by atoms with Crippen LogP contribution in [0.1, 0.15) is 40.6 Å². The van der Waals surface area contributed by atoms with Gasteiger partial charge in [-0.2, -0.15) is 0 Å². The average Bonchev–Trinajstić information content (AvgIpc) is 3.25. The van der Waals surface area contributed by atoms with Gasteiger partial charge in [0, 0.05) is 17.3 Å². The van der Waals surface area contributed by atoms with E-state index in [9.17, 15) is 9.59 Å². The zero-order valence-corrected chi connectivity index (χ0v) is 22.3. The van der Waals surface area contributed by atoms with E-state index in [0.717, 1.165) is 22.0 Å². The van der Waals surface area contributed by atoms with Crippen molar-refractivity contribution in [3.8, 4) is 11.6 Å². The molecule has 0 radical (unpaired) electrons. The van der Waals surface area contributed by atoms with Crippen LogP contribution in [0.15, 0.2) is 72.8 Å². The second-order valence-electron chi connectivity index (χ2n) is 8.94. The van der Waals surface area contributed by atoms with Gasteiger partial charge in [-0.05, 0) is 79.2 Å². The smallest absolute Gasteiger partial charge is 0.347 e. The number of amides is 1. The molecule has 1 aromatic heterocycles. The molecular weight excluding hydrogens is 525 g/mol. The normalized spacial score (nSPS) is 11.2. The number of anilines is 1. The molecule has 5 rings (SSSR count). The van der Waals surface area contributed by atoms with Crippen molar-refractivity contribution in [1.82, 2.24) is 9.78 Å². The van der Waals surface area contributed by atoms with E-state index in [4.69, 9.17) is 32.7 Å². The van der Waals surface area contributed by atoms with Gasteiger partial charge in [0.15, 0.2) is 0 Å². The zero-order valence-electron chi connectivity index (χ0n) is 20.8. The standard InChI is InChI=1S/C29H23Cl2N3O4/c1-16(2)34-25-12-10-20(32-27(35)19-8-7-18-14-21(37-3)11-9-17(18)13-19)15-22(25)28(33-34)38-29(36)26-23(30)5-4-6-24(26)31/h4-16H,1-3H3,(H,32,35). The number of aromatic nitrogens is 2. The van der Waals surface area contributed by atoms with Gasteiger partial charge in [0.2, 0.25) is 5.88 Å². The monoisotopic (exact) mass is 547 g/mol. The molecule has 192 valence electrons. The largest absolute Gasteiger partial charge is 0.497 e. The van der Waals surface area contributed by atoms with E-state index in [2.05, 4.69) is 10.4 Å². The first kappa shape index (κ1) is 25.6. The number of carbonyl (C=O) groups is 2. The van der Waals surface area contributed by atoms with Gasteiger partial charge in [-0.25, -0.2) is 4.79 Å². The first-order chi connectivity index (χ1) is 18.2. The topological polar surface area (TPSA) is 82.4 Å². The minimum atomic E-state index is -0.724. The Morgan fingerprint density at radius 1 is 0.921 bits per heavy atom. The number of methoxy groups -OCH3 is 1. The fourth-order valence-corrected chi connectivity index (χ4v) is 4.74. The van der Waals surface area contributed by atoms with Crippen LogP contribution >= 0.6 is 23.2 Å². The third-order valence-corrected chi connectivity index (χ3v) is 6.72. The molecule has 0 saturated heterocycles. The van der Waals surface area contributed by atoms with Gasteiger partial charge in [0.25, 0.3) is 5.91 Å². The quantitative estimate of drug-likeness (QED) is 0.222. The van der Waals surface area contributed by atoms with E-state index in [1.807, 2.05) is 50.2 Å². The van der Waals surface area contributed by atoms with Gasteiger partial charge in [0.1, 0.15) is 5.75 Å². The minimum Gasteiger partial charge on any atom is -0.497 e. The van der Waals surface area contributed by atoms with E-state index in [0.29, 0.717) is 16.6 Å². The van der Waals surface area contributed by atoms with Gasteiger partial charge in [0.05, 0.1) is 33.6 Å². The Kier molecular flexibility index (Phi) is 6.97. The summed E-state index contributed by atoms with van der Waals surface area (Å²) in [5, 5.41) is 10.2. The van der Waals surface area contributed by atoms with Crippen LogP contribution in [0.3, 0.4) is 0 Å². The third-order valence-electron chi connectivity index (χ3n) is 6.09. The molecule has 5 aromatic rings. The fourth-order valence-electron chi connectivity index (χ4n) is 4.19. The molecule has 1 heterocycles. The van der Waals surface area contributed by atoms with Crippen molar-refractivity contribution in [1.29, 1.82) is 0 Å². The molecule has 7 nitrogen and oxygen atoms in total. The van der Waals surface area contributed by atoms with Crippen molar-refractivity contribution in [3.05, 3.63) is 94.0 Å². The SMILES string of the molecule is COc1ccc2cc(C(=O)Nc3ccc4c(c3)c(OC(=O)c3c(Cl)cccc3Cl)nn4C(C)C)ccc2c1.